The second-order valence-corrected chi connectivity index (χ2v) is 6.18. The number of halogens is 1. The molecule has 2 heterocycles. The van der Waals surface area contributed by atoms with E-state index in [0.717, 1.165) is 44.0 Å². The number of nitrogens with one attached hydrogen (secondary N) is 1. The van der Waals surface area contributed by atoms with Crippen molar-refractivity contribution in [3.63, 3.8) is 0 Å². The molecule has 0 aromatic carbocycles. The molecular formula is C19H25ClN4. The van der Waals surface area contributed by atoms with Gasteiger partial charge in [0, 0.05) is 37.4 Å². The first-order valence-electron chi connectivity index (χ1n) is 8.22. The summed E-state index contributed by atoms with van der Waals surface area (Å²) in [6.07, 6.45) is 11.8. The Kier molecular flexibility index (Phi) is 7.22. The van der Waals surface area contributed by atoms with Crippen molar-refractivity contribution in [2.45, 2.75) is 25.8 Å². The van der Waals surface area contributed by atoms with E-state index in [2.05, 4.69) is 39.4 Å². The molecule has 1 aliphatic rings. The Hall–Kier alpha value is -1.91. The minimum absolute atomic E-state index is 0.318. The maximum absolute atomic E-state index is 5.96. The Morgan fingerprint density at radius 1 is 1.33 bits per heavy atom. The summed E-state index contributed by atoms with van der Waals surface area (Å²) in [5.41, 5.74) is 2.08. The Bertz CT molecular complexity index is 608. The minimum Gasteiger partial charge on any atom is -0.356 e. The third kappa shape index (κ3) is 5.62. The molecule has 1 aromatic heterocycles. The average Bonchev–Trinajstić information content (AvgIpc) is 2.57. The summed E-state index contributed by atoms with van der Waals surface area (Å²) in [7, 11) is 0. The summed E-state index contributed by atoms with van der Waals surface area (Å²) in [5, 5.41) is 3.93. The number of anilines is 1. The zero-order valence-corrected chi connectivity index (χ0v) is 15.0. The fraction of sp³-hybridized carbons (Fsp3) is 0.368. The number of aromatic nitrogens is 2. The van der Waals surface area contributed by atoms with Crippen molar-refractivity contribution in [2.75, 3.05) is 24.5 Å². The van der Waals surface area contributed by atoms with Gasteiger partial charge in [0.2, 0.25) is 5.28 Å². The molecule has 128 valence electrons. The molecule has 0 amide bonds. The van der Waals surface area contributed by atoms with Crippen molar-refractivity contribution in [3.05, 3.63) is 66.2 Å². The molecule has 5 heteroatoms. The standard InChI is InChI=1S/C19H25ClN4/c1-4-6-7-8-16(5-2)14-21-17-9-11-24(12-10-17)18-13-15(3)22-19(20)23-18/h4-8,13,17,21H,1-2,9-12,14H2,3H3/b7-6-,16-8+. The molecule has 0 radical (unpaired) electrons. The van der Waals surface area contributed by atoms with Gasteiger partial charge >= 0.3 is 0 Å². The van der Waals surface area contributed by atoms with E-state index in [1.807, 2.05) is 31.2 Å². The van der Waals surface area contributed by atoms with E-state index in [4.69, 9.17) is 11.6 Å². The lowest BCUT2D eigenvalue weighted by molar-refractivity contribution is 0.426. The Morgan fingerprint density at radius 2 is 2.08 bits per heavy atom. The number of allylic oxidation sites excluding steroid dienone is 4. The van der Waals surface area contributed by atoms with Gasteiger partial charge in [0.15, 0.2) is 0 Å². The molecule has 1 N–H and O–H groups in total. The predicted molar refractivity (Wildman–Crippen MR) is 103 cm³/mol. The van der Waals surface area contributed by atoms with Gasteiger partial charge in [-0.15, -0.1) is 0 Å². The maximum atomic E-state index is 5.96. The van der Waals surface area contributed by atoms with E-state index >= 15 is 0 Å². The summed E-state index contributed by atoms with van der Waals surface area (Å²) in [5.74, 6) is 0.923. The van der Waals surface area contributed by atoms with Crippen molar-refractivity contribution in [3.8, 4) is 0 Å². The lowest BCUT2D eigenvalue weighted by Crippen LogP contribution is -2.43. The van der Waals surface area contributed by atoms with E-state index < -0.39 is 0 Å². The lowest BCUT2D eigenvalue weighted by Gasteiger charge is -2.33. The summed E-state index contributed by atoms with van der Waals surface area (Å²) in [6, 6.07) is 2.50. The third-order valence-electron chi connectivity index (χ3n) is 4.05. The lowest BCUT2D eigenvalue weighted by atomic mass is 10.0. The molecule has 0 aliphatic carbocycles. The van der Waals surface area contributed by atoms with Crippen LogP contribution in [0, 0.1) is 6.92 Å². The SMILES string of the molecule is C=C/C=C\C=C(/C=C)CNC1CCN(c2cc(C)nc(Cl)n2)CC1. The van der Waals surface area contributed by atoms with Gasteiger partial charge in [0.05, 0.1) is 0 Å². The first-order valence-corrected chi connectivity index (χ1v) is 8.60. The third-order valence-corrected chi connectivity index (χ3v) is 4.22. The van der Waals surface area contributed by atoms with E-state index in [1.165, 1.54) is 5.57 Å². The Morgan fingerprint density at radius 3 is 2.71 bits per heavy atom. The molecule has 0 bridgehead atoms. The van der Waals surface area contributed by atoms with Gasteiger partial charge in [-0.05, 0) is 36.9 Å². The molecule has 0 unspecified atom stereocenters. The van der Waals surface area contributed by atoms with Gasteiger partial charge < -0.3 is 10.2 Å². The first-order chi connectivity index (χ1) is 11.6. The average molecular weight is 345 g/mol. The zero-order chi connectivity index (χ0) is 17.4. The molecule has 0 saturated carbocycles. The number of hydrogen-bond donors (Lipinski definition) is 1. The number of nitrogens with zero attached hydrogens (tertiary/aromatic N) is 3. The normalized spacial score (nSPS) is 16.6. The molecule has 0 spiro atoms. The molecular weight excluding hydrogens is 320 g/mol. The molecule has 1 fully saturated rings. The van der Waals surface area contributed by atoms with Gasteiger partial charge in [0.25, 0.3) is 0 Å². The molecule has 1 saturated heterocycles. The van der Waals surface area contributed by atoms with Gasteiger partial charge in [-0.1, -0.05) is 43.5 Å². The molecule has 1 aliphatic heterocycles. The van der Waals surface area contributed by atoms with Gasteiger partial charge in [0.1, 0.15) is 5.82 Å². The highest BCUT2D eigenvalue weighted by molar-refractivity contribution is 6.28. The number of piperidine rings is 1. The summed E-state index contributed by atoms with van der Waals surface area (Å²) in [4.78, 5) is 10.7. The Labute approximate surface area is 149 Å². The second kappa shape index (κ2) is 9.40. The van der Waals surface area contributed by atoms with Crippen molar-refractivity contribution in [1.82, 2.24) is 15.3 Å². The van der Waals surface area contributed by atoms with E-state index in [0.29, 0.717) is 11.3 Å². The van der Waals surface area contributed by atoms with Crippen LogP contribution in [0.15, 0.2) is 55.2 Å². The van der Waals surface area contributed by atoms with E-state index in [9.17, 15) is 0 Å². The minimum atomic E-state index is 0.318. The number of aryl methyl sites for hydroxylation is 1. The predicted octanol–water partition coefficient (Wildman–Crippen LogP) is 3.85. The maximum Gasteiger partial charge on any atom is 0.224 e. The van der Waals surface area contributed by atoms with Gasteiger partial charge in [-0.2, -0.15) is 0 Å². The monoisotopic (exact) mass is 344 g/mol. The fourth-order valence-corrected chi connectivity index (χ4v) is 2.93. The molecule has 1 aromatic rings. The zero-order valence-electron chi connectivity index (χ0n) is 14.2. The fourth-order valence-electron chi connectivity index (χ4n) is 2.71. The van der Waals surface area contributed by atoms with Crippen LogP contribution in [-0.2, 0) is 0 Å². The van der Waals surface area contributed by atoms with Crippen LogP contribution in [0.5, 0.6) is 0 Å². The summed E-state index contributed by atoms with van der Waals surface area (Å²) >= 11 is 5.96. The number of hydrogen-bond acceptors (Lipinski definition) is 4. The highest BCUT2D eigenvalue weighted by atomic mass is 35.5. The number of rotatable bonds is 7. The van der Waals surface area contributed by atoms with E-state index in [1.54, 1.807) is 6.08 Å². The quantitative estimate of drug-likeness (QED) is 0.602. The summed E-state index contributed by atoms with van der Waals surface area (Å²) in [6.45, 7) is 12.2. The van der Waals surface area contributed by atoms with Gasteiger partial charge in [-0.25, -0.2) is 9.97 Å². The van der Waals surface area contributed by atoms with Crippen molar-refractivity contribution in [2.24, 2.45) is 0 Å². The van der Waals surface area contributed by atoms with Crippen LogP contribution in [0.4, 0.5) is 5.82 Å². The van der Waals surface area contributed by atoms with Crippen LogP contribution in [0.2, 0.25) is 5.28 Å². The second-order valence-electron chi connectivity index (χ2n) is 5.85. The van der Waals surface area contributed by atoms with Crippen LogP contribution < -0.4 is 10.2 Å². The Balaban J connectivity index is 1.84. The molecule has 2 rings (SSSR count). The van der Waals surface area contributed by atoms with Crippen molar-refractivity contribution < 1.29 is 0 Å². The first kappa shape index (κ1) is 18.4. The van der Waals surface area contributed by atoms with Crippen LogP contribution >= 0.6 is 11.6 Å². The van der Waals surface area contributed by atoms with Gasteiger partial charge in [-0.3, -0.25) is 0 Å². The smallest absolute Gasteiger partial charge is 0.224 e. The largest absolute Gasteiger partial charge is 0.356 e. The topological polar surface area (TPSA) is 41.0 Å². The van der Waals surface area contributed by atoms with Crippen molar-refractivity contribution >= 4 is 17.4 Å². The van der Waals surface area contributed by atoms with E-state index in [-0.39, 0.29) is 0 Å². The van der Waals surface area contributed by atoms with Crippen LogP contribution in [0.1, 0.15) is 18.5 Å². The summed E-state index contributed by atoms with van der Waals surface area (Å²) < 4.78 is 0. The molecule has 4 nitrogen and oxygen atoms in total. The highest BCUT2D eigenvalue weighted by Gasteiger charge is 2.20. The molecule has 0 atom stereocenters. The van der Waals surface area contributed by atoms with Crippen LogP contribution in [0.3, 0.4) is 0 Å². The van der Waals surface area contributed by atoms with Crippen LogP contribution in [-0.4, -0.2) is 35.6 Å². The molecule has 24 heavy (non-hydrogen) atoms. The highest BCUT2D eigenvalue weighted by Crippen LogP contribution is 2.20. The van der Waals surface area contributed by atoms with Crippen molar-refractivity contribution in [1.29, 1.82) is 0 Å². The van der Waals surface area contributed by atoms with Crippen LogP contribution in [0.25, 0.3) is 0 Å².